The van der Waals surface area contributed by atoms with Crippen LogP contribution in [0.4, 0.5) is 0 Å². The average molecular weight is 299 g/mol. The molecule has 0 spiro atoms. The molecule has 2 heteroatoms. The maximum Gasteiger partial charge on any atom is 0.255 e. The minimum atomic E-state index is -0.0138. The third kappa shape index (κ3) is 2.42. The lowest BCUT2D eigenvalue weighted by molar-refractivity contribution is 0.0736. The largest absolute Gasteiger partial charge is 0.323 e. The van der Waals surface area contributed by atoms with Crippen LogP contribution < -0.4 is 0 Å². The molecule has 3 aromatic rings. The lowest BCUT2D eigenvalue weighted by atomic mass is 9.98. The fourth-order valence-electron chi connectivity index (χ4n) is 3.31. The van der Waals surface area contributed by atoms with Gasteiger partial charge in [0.1, 0.15) is 0 Å². The zero-order chi connectivity index (χ0) is 15.6. The number of amides is 1. The van der Waals surface area contributed by atoms with Crippen LogP contribution in [0.15, 0.2) is 84.9 Å². The first kappa shape index (κ1) is 13.8. The van der Waals surface area contributed by atoms with E-state index in [0.29, 0.717) is 6.54 Å². The predicted molar refractivity (Wildman–Crippen MR) is 91.0 cm³/mol. The molecule has 112 valence electrons. The van der Waals surface area contributed by atoms with Crippen LogP contribution in [0.3, 0.4) is 0 Å². The van der Waals surface area contributed by atoms with Crippen LogP contribution in [0.25, 0.3) is 0 Å². The molecule has 0 saturated carbocycles. The van der Waals surface area contributed by atoms with Gasteiger partial charge in [-0.1, -0.05) is 78.9 Å². The van der Waals surface area contributed by atoms with Crippen molar-refractivity contribution in [3.8, 4) is 0 Å². The van der Waals surface area contributed by atoms with Gasteiger partial charge in [-0.3, -0.25) is 4.79 Å². The Morgan fingerprint density at radius 1 is 0.739 bits per heavy atom. The quantitative estimate of drug-likeness (QED) is 0.700. The van der Waals surface area contributed by atoms with Crippen LogP contribution in [0, 0.1) is 0 Å². The van der Waals surface area contributed by atoms with Gasteiger partial charge in [-0.05, 0) is 22.8 Å². The van der Waals surface area contributed by atoms with E-state index in [9.17, 15) is 4.79 Å². The highest BCUT2D eigenvalue weighted by Crippen LogP contribution is 2.39. The number of hydrogen-bond donors (Lipinski definition) is 0. The highest BCUT2D eigenvalue weighted by atomic mass is 16.2. The molecule has 4 rings (SSSR count). The fraction of sp³-hybridized carbons (Fsp3) is 0.0952. The Hall–Kier alpha value is -2.87. The van der Waals surface area contributed by atoms with E-state index in [4.69, 9.17) is 0 Å². The van der Waals surface area contributed by atoms with Crippen molar-refractivity contribution in [2.45, 2.75) is 12.6 Å². The fourth-order valence-corrected chi connectivity index (χ4v) is 3.31. The molecule has 1 aliphatic heterocycles. The lowest BCUT2D eigenvalue weighted by Gasteiger charge is -2.26. The van der Waals surface area contributed by atoms with Crippen molar-refractivity contribution in [1.82, 2.24) is 4.90 Å². The Bertz CT molecular complexity index is 827. The van der Waals surface area contributed by atoms with Gasteiger partial charge in [-0.25, -0.2) is 0 Å². The van der Waals surface area contributed by atoms with Gasteiger partial charge in [0.25, 0.3) is 5.91 Å². The number of hydrogen-bond acceptors (Lipinski definition) is 1. The van der Waals surface area contributed by atoms with Gasteiger partial charge < -0.3 is 4.90 Å². The summed E-state index contributed by atoms with van der Waals surface area (Å²) in [6, 6.07) is 28.3. The van der Waals surface area contributed by atoms with Crippen molar-refractivity contribution in [3.05, 3.63) is 107 Å². The highest BCUT2D eigenvalue weighted by molar-refractivity contribution is 5.99. The Morgan fingerprint density at radius 2 is 1.35 bits per heavy atom. The summed E-state index contributed by atoms with van der Waals surface area (Å²) in [5.41, 5.74) is 4.22. The highest BCUT2D eigenvalue weighted by Gasteiger charge is 2.37. The monoisotopic (exact) mass is 299 g/mol. The maximum absolute atomic E-state index is 12.9. The third-order valence-electron chi connectivity index (χ3n) is 4.37. The number of nitrogens with zero attached hydrogens (tertiary/aromatic N) is 1. The molecule has 23 heavy (non-hydrogen) atoms. The smallest absolute Gasteiger partial charge is 0.255 e. The van der Waals surface area contributed by atoms with Gasteiger partial charge in [-0.2, -0.15) is 0 Å². The molecule has 1 aliphatic rings. The third-order valence-corrected chi connectivity index (χ3v) is 4.37. The van der Waals surface area contributed by atoms with Crippen molar-refractivity contribution < 1.29 is 4.79 Å². The van der Waals surface area contributed by atoms with Gasteiger partial charge in [0, 0.05) is 12.1 Å². The Labute approximate surface area is 136 Å². The first-order valence-electron chi connectivity index (χ1n) is 7.83. The molecule has 3 aromatic carbocycles. The van der Waals surface area contributed by atoms with Gasteiger partial charge in [0.05, 0.1) is 6.04 Å². The molecule has 0 radical (unpaired) electrons. The van der Waals surface area contributed by atoms with E-state index in [1.165, 1.54) is 0 Å². The predicted octanol–water partition coefficient (Wildman–Crippen LogP) is 4.43. The summed E-state index contributed by atoms with van der Waals surface area (Å²) in [4.78, 5) is 14.9. The standard InChI is InChI=1S/C21H17NO/c23-21-19-14-8-7-13-18(19)20(17-11-5-2-6-12-17)22(21)15-16-9-3-1-4-10-16/h1-14,20H,15H2/t20-/m0/s1. The van der Waals surface area contributed by atoms with E-state index >= 15 is 0 Å². The molecular formula is C21H17NO. The van der Waals surface area contributed by atoms with Gasteiger partial charge in [-0.15, -0.1) is 0 Å². The van der Waals surface area contributed by atoms with E-state index in [2.05, 4.69) is 30.3 Å². The molecular weight excluding hydrogens is 282 g/mol. The first-order valence-corrected chi connectivity index (χ1v) is 7.83. The summed E-state index contributed by atoms with van der Waals surface area (Å²) in [5.74, 6) is 0.110. The molecule has 0 saturated heterocycles. The second-order valence-corrected chi connectivity index (χ2v) is 5.82. The number of carbonyl (C=O) groups excluding carboxylic acids is 1. The molecule has 0 bridgehead atoms. The van der Waals surface area contributed by atoms with Crippen LogP contribution in [0.1, 0.15) is 33.1 Å². The topological polar surface area (TPSA) is 20.3 Å². The molecule has 0 fully saturated rings. The van der Waals surface area contributed by atoms with Gasteiger partial charge in [0.15, 0.2) is 0 Å². The summed E-state index contributed by atoms with van der Waals surface area (Å²) < 4.78 is 0. The van der Waals surface area contributed by atoms with Crippen LogP contribution >= 0.6 is 0 Å². The van der Waals surface area contributed by atoms with Crippen molar-refractivity contribution in [2.75, 3.05) is 0 Å². The minimum absolute atomic E-state index is 0.0138. The van der Waals surface area contributed by atoms with E-state index in [1.54, 1.807) is 0 Å². The van der Waals surface area contributed by atoms with Crippen LogP contribution in [-0.2, 0) is 6.54 Å². The lowest BCUT2D eigenvalue weighted by Crippen LogP contribution is -2.28. The normalized spacial score (nSPS) is 16.4. The second kappa shape index (κ2) is 5.73. The number of fused-ring (bicyclic) bond motifs is 1. The Kier molecular flexibility index (Phi) is 3.43. The zero-order valence-electron chi connectivity index (χ0n) is 12.7. The molecule has 0 aromatic heterocycles. The molecule has 1 atom stereocenters. The first-order chi connectivity index (χ1) is 11.3. The Balaban J connectivity index is 1.79. The van der Waals surface area contributed by atoms with Gasteiger partial charge in [0.2, 0.25) is 0 Å². The SMILES string of the molecule is O=C1c2ccccc2[C@H](c2ccccc2)N1Cc1ccccc1. The van der Waals surface area contributed by atoms with Crippen molar-refractivity contribution >= 4 is 5.91 Å². The maximum atomic E-state index is 12.9. The van der Waals surface area contributed by atoms with E-state index < -0.39 is 0 Å². The summed E-state index contributed by atoms with van der Waals surface area (Å²) in [6.45, 7) is 0.619. The summed E-state index contributed by atoms with van der Waals surface area (Å²) in [6.07, 6.45) is 0. The van der Waals surface area contributed by atoms with Crippen molar-refractivity contribution in [3.63, 3.8) is 0 Å². The Morgan fingerprint density at radius 3 is 2.09 bits per heavy atom. The molecule has 2 nitrogen and oxygen atoms in total. The van der Waals surface area contributed by atoms with E-state index in [0.717, 1.165) is 22.3 Å². The summed E-state index contributed by atoms with van der Waals surface area (Å²) >= 11 is 0. The molecule has 0 aliphatic carbocycles. The van der Waals surface area contributed by atoms with Crippen molar-refractivity contribution in [1.29, 1.82) is 0 Å². The number of rotatable bonds is 3. The van der Waals surface area contributed by atoms with Crippen LogP contribution in [0.5, 0.6) is 0 Å². The second-order valence-electron chi connectivity index (χ2n) is 5.82. The van der Waals surface area contributed by atoms with Crippen LogP contribution in [0.2, 0.25) is 0 Å². The molecule has 1 heterocycles. The van der Waals surface area contributed by atoms with E-state index in [-0.39, 0.29) is 11.9 Å². The average Bonchev–Trinajstić information content (AvgIpc) is 2.89. The van der Waals surface area contributed by atoms with E-state index in [1.807, 2.05) is 59.5 Å². The minimum Gasteiger partial charge on any atom is -0.323 e. The summed E-state index contributed by atoms with van der Waals surface area (Å²) in [7, 11) is 0. The molecule has 0 unspecified atom stereocenters. The zero-order valence-corrected chi connectivity index (χ0v) is 12.7. The van der Waals surface area contributed by atoms with Crippen molar-refractivity contribution in [2.24, 2.45) is 0 Å². The van der Waals surface area contributed by atoms with Gasteiger partial charge >= 0.3 is 0 Å². The summed E-state index contributed by atoms with van der Waals surface area (Å²) in [5, 5.41) is 0. The number of benzene rings is 3. The molecule has 0 N–H and O–H groups in total. The number of carbonyl (C=O) groups is 1. The van der Waals surface area contributed by atoms with Crippen LogP contribution in [-0.4, -0.2) is 10.8 Å². The molecule has 1 amide bonds.